The van der Waals surface area contributed by atoms with Crippen molar-refractivity contribution < 1.29 is 0 Å². The number of nitrogens with zero attached hydrogens (tertiary/aromatic N) is 4. The second kappa shape index (κ2) is 4.02. The fourth-order valence-electron chi connectivity index (χ4n) is 1.80. The number of rotatable bonds is 2. The standard InChI is InChI=1S/C11H15N5/c1-7-4-9(5-8(2)14-7)11(12)10-6-13-15-16(10)3/h4-6,11H,12H2,1-3H3. The molecular formula is C11H15N5. The summed E-state index contributed by atoms with van der Waals surface area (Å²) in [6, 6.07) is 3.77. The molecule has 2 heterocycles. The minimum absolute atomic E-state index is 0.208. The summed E-state index contributed by atoms with van der Waals surface area (Å²) in [6.07, 6.45) is 1.69. The van der Waals surface area contributed by atoms with Crippen LogP contribution in [0, 0.1) is 13.8 Å². The summed E-state index contributed by atoms with van der Waals surface area (Å²) < 4.78 is 1.69. The van der Waals surface area contributed by atoms with Crippen LogP contribution >= 0.6 is 0 Å². The van der Waals surface area contributed by atoms with E-state index in [1.165, 1.54) is 0 Å². The van der Waals surface area contributed by atoms with Crippen LogP contribution in [0.3, 0.4) is 0 Å². The average molecular weight is 217 g/mol. The van der Waals surface area contributed by atoms with Gasteiger partial charge in [0.25, 0.3) is 0 Å². The van der Waals surface area contributed by atoms with Crippen LogP contribution in [0.5, 0.6) is 0 Å². The summed E-state index contributed by atoms with van der Waals surface area (Å²) in [4.78, 5) is 4.33. The van der Waals surface area contributed by atoms with Crippen LogP contribution in [0.4, 0.5) is 0 Å². The lowest BCUT2D eigenvalue weighted by Gasteiger charge is -2.12. The topological polar surface area (TPSA) is 69.6 Å². The molecule has 0 amide bonds. The number of hydrogen-bond donors (Lipinski definition) is 1. The third-order valence-corrected chi connectivity index (χ3v) is 2.53. The summed E-state index contributed by atoms with van der Waals surface area (Å²) in [5.74, 6) is 0. The molecule has 0 aliphatic rings. The highest BCUT2D eigenvalue weighted by Crippen LogP contribution is 2.19. The van der Waals surface area contributed by atoms with Gasteiger partial charge in [-0.25, -0.2) is 0 Å². The van der Waals surface area contributed by atoms with E-state index < -0.39 is 0 Å². The van der Waals surface area contributed by atoms with Crippen molar-refractivity contribution in [1.82, 2.24) is 20.0 Å². The number of aryl methyl sites for hydroxylation is 3. The molecule has 0 saturated heterocycles. The number of nitrogens with two attached hydrogens (primary N) is 1. The zero-order valence-corrected chi connectivity index (χ0v) is 9.68. The van der Waals surface area contributed by atoms with Gasteiger partial charge in [0.2, 0.25) is 0 Å². The molecule has 2 aromatic heterocycles. The van der Waals surface area contributed by atoms with E-state index in [2.05, 4.69) is 15.3 Å². The van der Waals surface area contributed by atoms with Crippen molar-refractivity contribution in [3.8, 4) is 0 Å². The lowest BCUT2D eigenvalue weighted by Crippen LogP contribution is -2.16. The lowest BCUT2D eigenvalue weighted by atomic mass is 10.0. The average Bonchev–Trinajstić information content (AvgIpc) is 2.62. The minimum atomic E-state index is -0.208. The first kappa shape index (κ1) is 10.8. The van der Waals surface area contributed by atoms with Crippen molar-refractivity contribution in [1.29, 1.82) is 0 Å². The van der Waals surface area contributed by atoms with Crippen molar-refractivity contribution in [2.45, 2.75) is 19.9 Å². The van der Waals surface area contributed by atoms with E-state index in [0.29, 0.717) is 0 Å². The van der Waals surface area contributed by atoms with Gasteiger partial charge in [-0.1, -0.05) is 5.21 Å². The molecule has 0 aromatic carbocycles. The normalized spacial score (nSPS) is 12.8. The van der Waals surface area contributed by atoms with Gasteiger partial charge in [-0.15, -0.1) is 5.10 Å². The molecule has 0 spiro atoms. The summed E-state index contributed by atoms with van der Waals surface area (Å²) in [5.41, 5.74) is 10.0. The molecule has 2 rings (SSSR count). The third-order valence-electron chi connectivity index (χ3n) is 2.53. The Labute approximate surface area is 94.3 Å². The smallest absolute Gasteiger partial charge is 0.0796 e. The summed E-state index contributed by atoms with van der Waals surface area (Å²) >= 11 is 0. The highest BCUT2D eigenvalue weighted by Gasteiger charge is 2.14. The zero-order chi connectivity index (χ0) is 11.7. The molecule has 0 aliphatic heterocycles. The Morgan fingerprint density at radius 3 is 2.38 bits per heavy atom. The fraction of sp³-hybridized carbons (Fsp3) is 0.364. The Kier molecular flexibility index (Phi) is 2.70. The van der Waals surface area contributed by atoms with Crippen LogP contribution in [0.1, 0.15) is 28.7 Å². The maximum atomic E-state index is 6.17. The Balaban J connectivity index is 2.41. The van der Waals surface area contributed by atoms with Crippen LogP contribution in [-0.4, -0.2) is 20.0 Å². The molecule has 0 radical (unpaired) electrons. The molecule has 2 N–H and O–H groups in total. The molecular weight excluding hydrogens is 202 g/mol. The zero-order valence-electron chi connectivity index (χ0n) is 9.68. The van der Waals surface area contributed by atoms with Crippen molar-refractivity contribution in [2.75, 3.05) is 0 Å². The Morgan fingerprint density at radius 2 is 1.88 bits per heavy atom. The first-order valence-corrected chi connectivity index (χ1v) is 5.13. The van der Waals surface area contributed by atoms with Gasteiger partial charge in [0, 0.05) is 18.4 Å². The summed E-state index contributed by atoms with van der Waals surface area (Å²) in [5, 5.41) is 7.71. The SMILES string of the molecule is Cc1cc(C(N)c2cnnn2C)cc(C)n1. The van der Waals surface area contributed by atoms with E-state index in [4.69, 9.17) is 5.73 Å². The van der Waals surface area contributed by atoms with Crippen molar-refractivity contribution in [2.24, 2.45) is 12.8 Å². The molecule has 1 atom stereocenters. The van der Waals surface area contributed by atoms with E-state index in [9.17, 15) is 0 Å². The first-order valence-electron chi connectivity index (χ1n) is 5.13. The van der Waals surface area contributed by atoms with E-state index in [-0.39, 0.29) is 6.04 Å². The monoisotopic (exact) mass is 217 g/mol. The van der Waals surface area contributed by atoms with Crippen molar-refractivity contribution in [3.63, 3.8) is 0 Å². The van der Waals surface area contributed by atoms with E-state index in [0.717, 1.165) is 22.6 Å². The molecule has 84 valence electrons. The van der Waals surface area contributed by atoms with Gasteiger partial charge in [-0.05, 0) is 31.5 Å². The second-order valence-electron chi connectivity index (χ2n) is 3.94. The van der Waals surface area contributed by atoms with Gasteiger partial charge in [0.1, 0.15) is 0 Å². The van der Waals surface area contributed by atoms with Gasteiger partial charge >= 0.3 is 0 Å². The van der Waals surface area contributed by atoms with Gasteiger partial charge in [0.15, 0.2) is 0 Å². The minimum Gasteiger partial charge on any atom is -0.319 e. The predicted molar refractivity (Wildman–Crippen MR) is 60.7 cm³/mol. The van der Waals surface area contributed by atoms with Gasteiger partial charge in [-0.3, -0.25) is 9.67 Å². The van der Waals surface area contributed by atoms with Crippen LogP contribution < -0.4 is 5.73 Å². The number of pyridine rings is 1. The van der Waals surface area contributed by atoms with Crippen LogP contribution in [0.25, 0.3) is 0 Å². The largest absolute Gasteiger partial charge is 0.319 e. The Morgan fingerprint density at radius 1 is 1.25 bits per heavy atom. The number of hydrogen-bond acceptors (Lipinski definition) is 4. The van der Waals surface area contributed by atoms with E-state index >= 15 is 0 Å². The molecule has 0 aliphatic carbocycles. The van der Waals surface area contributed by atoms with Gasteiger partial charge in [0.05, 0.1) is 17.9 Å². The lowest BCUT2D eigenvalue weighted by molar-refractivity contribution is 0.650. The van der Waals surface area contributed by atoms with Crippen molar-refractivity contribution in [3.05, 3.63) is 41.0 Å². The highest BCUT2D eigenvalue weighted by molar-refractivity contribution is 5.28. The third kappa shape index (κ3) is 1.94. The molecule has 0 bridgehead atoms. The Hall–Kier alpha value is -1.75. The second-order valence-corrected chi connectivity index (χ2v) is 3.94. The molecule has 2 aromatic rings. The molecule has 0 saturated carbocycles. The number of aromatic nitrogens is 4. The van der Waals surface area contributed by atoms with Gasteiger partial charge < -0.3 is 5.73 Å². The summed E-state index contributed by atoms with van der Waals surface area (Å²) in [7, 11) is 1.84. The van der Waals surface area contributed by atoms with E-state index in [1.54, 1.807) is 10.9 Å². The summed E-state index contributed by atoms with van der Waals surface area (Å²) in [6.45, 7) is 3.93. The molecule has 5 nitrogen and oxygen atoms in total. The highest BCUT2D eigenvalue weighted by atomic mass is 15.4. The first-order chi connectivity index (χ1) is 7.58. The maximum Gasteiger partial charge on any atom is 0.0796 e. The molecule has 0 fully saturated rings. The van der Waals surface area contributed by atoms with Crippen LogP contribution in [0.2, 0.25) is 0 Å². The van der Waals surface area contributed by atoms with Crippen molar-refractivity contribution >= 4 is 0 Å². The molecule has 1 unspecified atom stereocenters. The van der Waals surface area contributed by atoms with Crippen LogP contribution in [0.15, 0.2) is 18.3 Å². The van der Waals surface area contributed by atoms with Gasteiger partial charge in [-0.2, -0.15) is 0 Å². The van der Waals surface area contributed by atoms with E-state index in [1.807, 2.05) is 33.0 Å². The fourth-order valence-corrected chi connectivity index (χ4v) is 1.80. The Bertz CT molecular complexity index is 483. The quantitative estimate of drug-likeness (QED) is 0.810. The van der Waals surface area contributed by atoms with Crippen LogP contribution in [-0.2, 0) is 7.05 Å². The molecule has 16 heavy (non-hydrogen) atoms. The predicted octanol–water partition coefficient (Wildman–Crippen LogP) is 0.875. The maximum absolute atomic E-state index is 6.17. The molecule has 5 heteroatoms.